The first-order chi connectivity index (χ1) is 9.79. The van der Waals surface area contributed by atoms with E-state index in [1.807, 2.05) is 0 Å². The quantitative estimate of drug-likeness (QED) is 0.682. The van der Waals surface area contributed by atoms with E-state index in [4.69, 9.17) is 0 Å². The fraction of sp³-hybridized carbons (Fsp3) is 0.143. The number of alkyl halides is 3. The number of halogens is 4. The van der Waals surface area contributed by atoms with E-state index in [1.54, 1.807) is 0 Å². The molecule has 110 valence electrons. The van der Waals surface area contributed by atoms with E-state index < -0.39 is 23.2 Å². The van der Waals surface area contributed by atoms with Gasteiger partial charge in [0.2, 0.25) is 0 Å². The van der Waals surface area contributed by atoms with Crippen LogP contribution >= 0.6 is 0 Å². The number of benzene rings is 1. The molecular formula is C14H10F4N2O. The monoisotopic (exact) mass is 298 g/mol. The van der Waals surface area contributed by atoms with Crippen molar-refractivity contribution in [1.29, 1.82) is 0 Å². The normalized spacial score (nSPS) is 11.3. The van der Waals surface area contributed by atoms with Gasteiger partial charge in [0.1, 0.15) is 11.5 Å². The molecule has 0 aliphatic rings. The van der Waals surface area contributed by atoms with Crippen molar-refractivity contribution in [2.75, 3.05) is 5.32 Å². The third kappa shape index (κ3) is 3.36. The number of hydrogen-bond acceptors (Lipinski definition) is 3. The Morgan fingerprint density at radius 3 is 2.43 bits per heavy atom. The first kappa shape index (κ1) is 15.0. The molecule has 7 heteroatoms. The van der Waals surface area contributed by atoms with Crippen molar-refractivity contribution >= 4 is 17.2 Å². The third-order valence-corrected chi connectivity index (χ3v) is 2.71. The van der Waals surface area contributed by atoms with Crippen LogP contribution in [0.25, 0.3) is 0 Å². The van der Waals surface area contributed by atoms with Crippen molar-refractivity contribution in [1.82, 2.24) is 4.98 Å². The van der Waals surface area contributed by atoms with Gasteiger partial charge in [-0.3, -0.25) is 9.78 Å². The molecule has 0 atom stereocenters. The summed E-state index contributed by atoms with van der Waals surface area (Å²) in [6, 6.07) is 5.40. The van der Waals surface area contributed by atoms with Crippen molar-refractivity contribution in [3.05, 3.63) is 53.6 Å². The van der Waals surface area contributed by atoms with Crippen molar-refractivity contribution in [3.8, 4) is 0 Å². The predicted octanol–water partition coefficient (Wildman–Crippen LogP) is 4.19. The van der Waals surface area contributed by atoms with E-state index in [2.05, 4.69) is 10.3 Å². The summed E-state index contributed by atoms with van der Waals surface area (Å²) in [5.41, 5.74) is -1.47. The van der Waals surface area contributed by atoms with Gasteiger partial charge in [-0.25, -0.2) is 4.39 Å². The summed E-state index contributed by atoms with van der Waals surface area (Å²) in [5, 5.41) is 2.34. The van der Waals surface area contributed by atoms with Gasteiger partial charge in [0.25, 0.3) is 0 Å². The van der Waals surface area contributed by atoms with E-state index >= 15 is 0 Å². The topological polar surface area (TPSA) is 42.0 Å². The number of aromatic nitrogens is 1. The molecule has 2 aromatic rings. The van der Waals surface area contributed by atoms with Gasteiger partial charge >= 0.3 is 6.18 Å². The molecule has 0 unspecified atom stereocenters. The lowest BCUT2D eigenvalue weighted by molar-refractivity contribution is -0.137. The van der Waals surface area contributed by atoms with Crippen LogP contribution in [0.5, 0.6) is 0 Å². The standard InChI is InChI=1S/C14H10F4N2O/c1-8(21)12-6-5-9(7-19-12)20-13-10(14(16,17)18)3-2-4-11(13)15/h2-7,20H,1H3. The van der Waals surface area contributed by atoms with E-state index in [1.165, 1.54) is 25.3 Å². The molecule has 3 nitrogen and oxygen atoms in total. The average molecular weight is 298 g/mol. The molecule has 0 aliphatic heterocycles. The minimum atomic E-state index is -4.68. The summed E-state index contributed by atoms with van der Waals surface area (Å²) in [7, 11) is 0. The summed E-state index contributed by atoms with van der Waals surface area (Å²) in [6.45, 7) is 1.31. The predicted molar refractivity (Wildman–Crippen MR) is 68.9 cm³/mol. The molecule has 1 aromatic heterocycles. The summed E-state index contributed by atoms with van der Waals surface area (Å²) in [6.07, 6.45) is -3.51. The van der Waals surface area contributed by atoms with Gasteiger partial charge in [0.05, 0.1) is 23.1 Å². The van der Waals surface area contributed by atoms with Crippen LogP contribution in [-0.2, 0) is 6.18 Å². The first-order valence-electron chi connectivity index (χ1n) is 5.89. The second kappa shape index (κ2) is 5.51. The Bertz CT molecular complexity index is 666. The van der Waals surface area contributed by atoms with Crippen LogP contribution in [0.1, 0.15) is 23.0 Å². The van der Waals surface area contributed by atoms with Crippen LogP contribution in [-0.4, -0.2) is 10.8 Å². The Morgan fingerprint density at radius 2 is 1.90 bits per heavy atom. The highest BCUT2D eigenvalue weighted by molar-refractivity contribution is 5.92. The average Bonchev–Trinajstić information content (AvgIpc) is 2.40. The Hall–Kier alpha value is -2.44. The molecule has 21 heavy (non-hydrogen) atoms. The number of ketones is 1. The highest BCUT2D eigenvalue weighted by atomic mass is 19.4. The Labute approximate surface area is 117 Å². The molecule has 0 amide bonds. The Kier molecular flexibility index (Phi) is 3.93. The second-order valence-corrected chi connectivity index (χ2v) is 4.27. The molecule has 0 aliphatic carbocycles. The van der Waals surface area contributed by atoms with Crippen molar-refractivity contribution in [3.63, 3.8) is 0 Å². The summed E-state index contributed by atoms with van der Waals surface area (Å²) in [4.78, 5) is 14.8. The highest BCUT2D eigenvalue weighted by Gasteiger charge is 2.34. The van der Waals surface area contributed by atoms with Crippen LogP contribution < -0.4 is 5.32 Å². The third-order valence-electron chi connectivity index (χ3n) is 2.71. The van der Waals surface area contributed by atoms with Crippen LogP contribution in [0.4, 0.5) is 28.9 Å². The second-order valence-electron chi connectivity index (χ2n) is 4.27. The molecular weight excluding hydrogens is 288 g/mol. The van der Waals surface area contributed by atoms with Crippen molar-refractivity contribution < 1.29 is 22.4 Å². The van der Waals surface area contributed by atoms with E-state index in [-0.39, 0.29) is 17.2 Å². The zero-order chi connectivity index (χ0) is 15.6. The number of anilines is 2. The van der Waals surface area contributed by atoms with Gasteiger partial charge in [-0.2, -0.15) is 13.2 Å². The Balaban J connectivity index is 2.37. The van der Waals surface area contributed by atoms with E-state index in [0.717, 1.165) is 18.2 Å². The fourth-order valence-electron chi connectivity index (χ4n) is 1.71. The lowest BCUT2D eigenvalue weighted by atomic mass is 10.1. The van der Waals surface area contributed by atoms with Crippen molar-refractivity contribution in [2.45, 2.75) is 13.1 Å². The lowest BCUT2D eigenvalue weighted by Gasteiger charge is -2.15. The molecule has 0 bridgehead atoms. The molecule has 1 heterocycles. The van der Waals surface area contributed by atoms with E-state index in [0.29, 0.717) is 0 Å². The molecule has 0 saturated heterocycles. The van der Waals surface area contributed by atoms with Crippen LogP contribution in [0, 0.1) is 5.82 Å². The summed E-state index contributed by atoms with van der Waals surface area (Å²) in [5.74, 6) is -1.30. The molecule has 0 saturated carbocycles. The van der Waals surface area contributed by atoms with Gasteiger partial charge in [0.15, 0.2) is 5.78 Å². The number of carbonyl (C=O) groups is 1. The molecule has 0 spiro atoms. The lowest BCUT2D eigenvalue weighted by Crippen LogP contribution is -2.10. The summed E-state index contributed by atoms with van der Waals surface area (Å²) >= 11 is 0. The van der Waals surface area contributed by atoms with Crippen LogP contribution in [0.3, 0.4) is 0 Å². The number of nitrogens with zero attached hydrogens (tertiary/aromatic N) is 1. The maximum absolute atomic E-state index is 13.6. The molecule has 0 fully saturated rings. The number of nitrogens with one attached hydrogen (secondary N) is 1. The van der Waals surface area contributed by atoms with Gasteiger partial charge in [-0.15, -0.1) is 0 Å². The minimum Gasteiger partial charge on any atom is -0.351 e. The van der Waals surface area contributed by atoms with Gasteiger partial charge in [-0.1, -0.05) is 6.07 Å². The van der Waals surface area contributed by atoms with Gasteiger partial charge < -0.3 is 5.32 Å². The van der Waals surface area contributed by atoms with Gasteiger partial charge in [0, 0.05) is 6.92 Å². The SMILES string of the molecule is CC(=O)c1ccc(Nc2c(F)cccc2C(F)(F)F)cn1. The fourth-order valence-corrected chi connectivity index (χ4v) is 1.71. The first-order valence-corrected chi connectivity index (χ1v) is 5.89. The zero-order valence-electron chi connectivity index (χ0n) is 10.8. The zero-order valence-corrected chi connectivity index (χ0v) is 10.8. The molecule has 0 radical (unpaired) electrons. The maximum Gasteiger partial charge on any atom is 0.418 e. The number of Topliss-reactive ketones (excluding diaryl/α,β-unsaturated/α-hetero) is 1. The molecule has 1 N–H and O–H groups in total. The number of carbonyl (C=O) groups excluding carboxylic acids is 1. The number of rotatable bonds is 3. The molecule has 1 aromatic carbocycles. The number of pyridine rings is 1. The largest absolute Gasteiger partial charge is 0.418 e. The number of hydrogen-bond donors (Lipinski definition) is 1. The van der Waals surface area contributed by atoms with E-state index in [9.17, 15) is 22.4 Å². The summed E-state index contributed by atoms with van der Waals surface area (Å²) < 4.78 is 52.1. The van der Waals surface area contributed by atoms with Crippen LogP contribution in [0.15, 0.2) is 36.5 Å². The minimum absolute atomic E-state index is 0.149. The molecule has 2 rings (SSSR count). The smallest absolute Gasteiger partial charge is 0.351 e. The highest BCUT2D eigenvalue weighted by Crippen LogP contribution is 2.37. The number of para-hydroxylation sites is 1. The maximum atomic E-state index is 13.6. The van der Waals surface area contributed by atoms with Gasteiger partial charge in [-0.05, 0) is 24.3 Å². The van der Waals surface area contributed by atoms with Crippen molar-refractivity contribution in [2.24, 2.45) is 0 Å². The van der Waals surface area contributed by atoms with Crippen LogP contribution in [0.2, 0.25) is 0 Å². The Morgan fingerprint density at radius 1 is 1.19 bits per heavy atom.